The lowest BCUT2D eigenvalue weighted by Crippen LogP contribution is -2.50. The molecule has 1 rings (SSSR count). The highest BCUT2D eigenvalue weighted by molar-refractivity contribution is 5.74. The fraction of sp³-hybridized carbons (Fsp3) is 0.917. The second kappa shape index (κ2) is 6.09. The summed E-state index contributed by atoms with van der Waals surface area (Å²) in [6.45, 7) is 12.3. The summed E-state index contributed by atoms with van der Waals surface area (Å²) in [5.74, 6) is 0. The number of amides is 2. The van der Waals surface area contributed by atoms with Gasteiger partial charge < -0.3 is 10.2 Å². The van der Waals surface area contributed by atoms with Gasteiger partial charge in [0.15, 0.2) is 0 Å². The molecule has 0 spiro atoms. The topological polar surface area (TPSA) is 35.6 Å². The van der Waals surface area contributed by atoms with E-state index in [9.17, 15) is 4.79 Å². The van der Waals surface area contributed by atoms with Gasteiger partial charge in [0.2, 0.25) is 0 Å². The zero-order valence-electron chi connectivity index (χ0n) is 11.0. The van der Waals surface area contributed by atoms with Gasteiger partial charge in [-0.15, -0.1) is 0 Å². The molecule has 0 atom stereocenters. The first kappa shape index (κ1) is 13.3. The predicted molar refractivity (Wildman–Crippen MR) is 66.6 cm³/mol. The van der Waals surface area contributed by atoms with Gasteiger partial charge in [-0.2, -0.15) is 0 Å². The summed E-state index contributed by atoms with van der Waals surface area (Å²) < 4.78 is 0. The largest absolute Gasteiger partial charge is 0.338 e. The summed E-state index contributed by atoms with van der Waals surface area (Å²) >= 11 is 0. The smallest absolute Gasteiger partial charge is 0.317 e. The van der Waals surface area contributed by atoms with Crippen LogP contribution in [0.1, 0.15) is 34.1 Å². The van der Waals surface area contributed by atoms with Crippen molar-refractivity contribution in [1.29, 1.82) is 0 Å². The molecular formula is C12H25N3O. The van der Waals surface area contributed by atoms with Crippen LogP contribution in [0.5, 0.6) is 0 Å². The molecule has 0 aromatic heterocycles. The molecule has 1 heterocycles. The van der Waals surface area contributed by atoms with Crippen LogP contribution in [0.15, 0.2) is 0 Å². The van der Waals surface area contributed by atoms with E-state index in [1.807, 2.05) is 4.90 Å². The maximum Gasteiger partial charge on any atom is 0.317 e. The van der Waals surface area contributed by atoms with Gasteiger partial charge in [-0.05, 0) is 34.1 Å². The average molecular weight is 227 g/mol. The van der Waals surface area contributed by atoms with Crippen LogP contribution in [0.2, 0.25) is 0 Å². The third-order valence-electron chi connectivity index (χ3n) is 3.12. The average Bonchev–Trinajstić information content (AvgIpc) is 2.20. The summed E-state index contributed by atoms with van der Waals surface area (Å²) in [4.78, 5) is 15.9. The summed E-state index contributed by atoms with van der Waals surface area (Å²) in [5, 5.41) is 2.88. The number of rotatable bonds is 5. The Kier molecular flexibility index (Phi) is 5.06. The van der Waals surface area contributed by atoms with E-state index in [4.69, 9.17) is 0 Å². The number of nitrogens with one attached hydrogen (secondary N) is 1. The van der Waals surface area contributed by atoms with Crippen LogP contribution in [0, 0.1) is 0 Å². The van der Waals surface area contributed by atoms with Crippen molar-refractivity contribution >= 4 is 6.03 Å². The lowest BCUT2D eigenvalue weighted by atomic mass is 10.2. The lowest BCUT2D eigenvalue weighted by molar-refractivity contribution is 0.139. The second-order valence-electron chi connectivity index (χ2n) is 5.00. The summed E-state index contributed by atoms with van der Waals surface area (Å²) in [6.07, 6.45) is 1.06. The Bertz CT molecular complexity index is 220. The van der Waals surface area contributed by atoms with Crippen molar-refractivity contribution in [2.75, 3.05) is 26.2 Å². The quantitative estimate of drug-likeness (QED) is 0.773. The molecule has 4 heteroatoms. The van der Waals surface area contributed by atoms with E-state index in [1.54, 1.807) is 0 Å². The third-order valence-corrected chi connectivity index (χ3v) is 3.12. The van der Waals surface area contributed by atoms with E-state index in [0.717, 1.165) is 32.6 Å². The predicted octanol–water partition coefficient (Wildman–Crippen LogP) is 1.52. The fourth-order valence-corrected chi connectivity index (χ4v) is 2.24. The van der Waals surface area contributed by atoms with Crippen LogP contribution < -0.4 is 5.32 Å². The molecule has 1 N–H and O–H groups in total. The first-order valence-corrected chi connectivity index (χ1v) is 6.31. The molecule has 16 heavy (non-hydrogen) atoms. The van der Waals surface area contributed by atoms with Gasteiger partial charge in [-0.3, -0.25) is 4.90 Å². The van der Waals surface area contributed by atoms with E-state index in [-0.39, 0.29) is 6.03 Å². The highest BCUT2D eigenvalue weighted by Crippen LogP contribution is 2.06. The van der Waals surface area contributed by atoms with Gasteiger partial charge in [0.05, 0.1) is 0 Å². The molecule has 0 bridgehead atoms. The zero-order chi connectivity index (χ0) is 12.1. The molecule has 0 aromatic rings. The Morgan fingerprint density at radius 2 is 1.94 bits per heavy atom. The summed E-state index contributed by atoms with van der Waals surface area (Å²) in [6, 6.07) is 1.17. The molecule has 1 aliphatic rings. The van der Waals surface area contributed by atoms with Gasteiger partial charge in [-0.25, -0.2) is 4.79 Å². The Balaban J connectivity index is 2.39. The van der Waals surface area contributed by atoms with Crippen molar-refractivity contribution in [2.24, 2.45) is 0 Å². The van der Waals surface area contributed by atoms with Crippen LogP contribution in [0.3, 0.4) is 0 Å². The Labute approximate surface area is 99.0 Å². The Hall–Kier alpha value is -0.770. The Morgan fingerprint density at radius 1 is 1.31 bits per heavy atom. The highest BCUT2D eigenvalue weighted by atomic mass is 16.2. The monoisotopic (exact) mass is 227 g/mol. The van der Waals surface area contributed by atoms with Gasteiger partial charge >= 0.3 is 6.03 Å². The molecule has 0 unspecified atom stereocenters. The maximum atomic E-state index is 11.5. The molecule has 0 aromatic carbocycles. The normalized spacial score (nSPS) is 17.4. The van der Waals surface area contributed by atoms with Gasteiger partial charge in [0.25, 0.3) is 0 Å². The highest BCUT2D eigenvalue weighted by Gasteiger charge is 2.19. The minimum atomic E-state index is 0.0960. The van der Waals surface area contributed by atoms with Crippen LogP contribution in [0.25, 0.3) is 0 Å². The van der Waals surface area contributed by atoms with Crippen molar-refractivity contribution in [3.8, 4) is 0 Å². The van der Waals surface area contributed by atoms with Crippen LogP contribution >= 0.6 is 0 Å². The van der Waals surface area contributed by atoms with Crippen LogP contribution in [-0.4, -0.2) is 54.1 Å². The summed E-state index contributed by atoms with van der Waals surface area (Å²) in [7, 11) is 0. The van der Waals surface area contributed by atoms with E-state index in [2.05, 4.69) is 37.9 Å². The minimum Gasteiger partial charge on any atom is -0.338 e. The lowest BCUT2D eigenvalue weighted by Gasteiger charge is -2.34. The maximum absolute atomic E-state index is 11.5. The first-order chi connectivity index (χ1) is 7.52. The molecule has 94 valence electrons. The van der Waals surface area contributed by atoms with Crippen molar-refractivity contribution in [3.05, 3.63) is 0 Å². The van der Waals surface area contributed by atoms with Crippen LogP contribution in [-0.2, 0) is 0 Å². The molecule has 0 aliphatic carbocycles. The zero-order valence-corrected chi connectivity index (χ0v) is 11.0. The van der Waals surface area contributed by atoms with E-state index in [0.29, 0.717) is 12.1 Å². The first-order valence-electron chi connectivity index (χ1n) is 6.31. The van der Waals surface area contributed by atoms with Crippen molar-refractivity contribution < 1.29 is 4.79 Å². The number of hydrogen-bond acceptors (Lipinski definition) is 2. The molecule has 0 saturated carbocycles. The van der Waals surface area contributed by atoms with Crippen molar-refractivity contribution in [2.45, 2.75) is 46.2 Å². The molecule has 1 aliphatic heterocycles. The molecule has 4 nitrogen and oxygen atoms in total. The molecule has 0 radical (unpaired) electrons. The van der Waals surface area contributed by atoms with E-state index in [1.165, 1.54) is 0 Å². The second-order valence-corrected chi connectivity index (χ2v) is 5.00. The van der Waals surface area contributed by atoms with Gasteiger partial charge in [0.1, 0.15) is 0 Å². The number of carbonyl (C=O) groups is 1. The van der Waals surface area contributed by atoms with E-state index >= 15 is 0 Å². The van der Waals surface area contributed by atoms with Crippen molar-refractivity contribution in [3.63, 3.8) is 0 Å². The van der Waals surface area contributed by atoms with E-state index < -0.39 is 0 Å². The van der Waals surface area contributed by atoms with Crippen LogP contribution in [0.4, 0.5) is 4.79 Å². The number of carbonyl (C=O) groups excluding carboxylic acids is 1. The van der Waals surface area contributed by atoms with Gasteiger partial charge in [-0.1, -0.05) is 0 Å². The number of nitrogens with zero attached hydrogens (tertiary/aromatic N) is 2. The molecule has 1 fully saturated rings. The SMILES string of the molecule is CC(C)N(CCN1CCCNC1=O)C(C)C. The standard InChI is InChI=1S/C12H25N3O/c1-10(2)15(11(3)4)9-8-14-7-5-6-13-12(14)16/h10-11H,5-9H2,1-4H3,(H,13,16). The number of urea groups is 1. The fourth-order valence-electron chi connectivity index (χ4n) is 2.24. The molecular weight excluding hydrogens is 202 g/mol. The number of hydrogen-bond donors (Lipinski definition) is 1. The third kappa shape index (κ3) is 3.67. The molecule has 1 saturated heterocycles. The van der Waals surface area contributed by atoms with Gasteiger partial charge in [0, 0.05) is 38.3 Å². The minimum absolute atomic E-state index is 0.0960. The summed E-state index contributed by atoms with van der Waals surface area (Å²) in [5.41, 5.74) is 0. The molecule has 2 amide bonds. The Morgan fingerprint density at radius 3 is 2.44 bits per heavy atom. The van der Waals surface area contributed by atoms with Crippen molar-refractivity contribution in [1.82, 2.24) is 15.1 Å².